The third kappa shape index (κ3) is 3.53. The standard InChI is InChI=1S/C18H18N4O3S2/c23-18(16-13-15(19-20-16)17-7-4-12-26-17)21-8-10-22(11-9-21)27(24,25)14-5-2-1-3-6-14/h1-7,12-13H,8-11H2,(H,19,20). The second kappa shape index (κ2) is 7.26. The van der Waals surface area contributed by atoms with E-state index in [0.717, 1.165) is 10.6 Å². The van der Waals surface area contributed by atoms with Gasteiger partial charge in [0.15, 0.2) is 5.69 Å². The van der Waals surface area contributed by atoms with E-state index in [2.05, 4.69) is 10.2 Å². The van der Waals surface area contributed by atoms with E-state index in [1.807, 2.05) is 17.5 Å². The Bertz CT molecular complexity index is 1020. The van der Waals surface area contributed by atoms with Crippen LogP contribution in [0.3, 0.4) is 0 Å². The van der Waals surface area contributed by atoms with Crippen LogP contribution in [0.4, 0.5) is 0 Å². The van der Waals surface area contributed by atoms with Gasteiger partial charge in [0.25, 0.3) is 5.91 Å². The number of aromatic nitrogens is 2. The number of aromatic amines is 1. The van der Waals surface area contributed by atoms with Gasteiger partial charge in [0, 0.05) is 26.2 Å². The molecule has 1 saturated heterocycles. The van der Waals surface area contributed by atoms with Crippen molar-refractivity contribution in [2.75, 3.05) is 26.2 Å². The summed E-state index contributed by atoms with van der Waals surface area (Å²) in [5.74, 6) is -0.189. The van der Waals surface area contributed by atoms with E-state index >= 15 is 0 Å². The van der Waals surface area contributed by atoms with Gasteiger partial charge in [-0.1, -0.05) is 24.3 Å². The fourth-order valence-electron chi connectivity index (χ4n) is 3.02. The van der Waals surface area contributed by atoms with E-state index in [4.69, 9.17) is 0 Å². The van der Waals surface area contributed by atoms with E-state index in [0.29, 0.717) is 18.8 Å². The Morgan fingerprint density at radius 3 is 2.44 bits per heavy atom. The number of carbonyl (C=O) groups is 1. The summed E-state index contributed by atoms with van der Waals surface area (Å²) in [6.45, 7) is 1.22. The number of piperazine rings is 1. The SMILES string of the molecule is O=C(c1cc(-c2cccs2)[nH]n1)N1CCN(S(=O)(=O)c2ccccc2)CC1. The van der Waals surface area contributed by atoms with E-state index in [1.54, 1.807) is 52.6 Å². The summed E-state index contributed by atoms with van der Waals surface area (Å²) in [5.41, 5.74) is 1.15. The monoisotopic (exact) mass is 402 g/mol. The van der Waals surface area contributed by atoms with Crippen molar-refractivity contribution in [2.45, 2.75) is 4.90 Å². The van der Waals surface area contributed by atoms with Crippen LogP contribution in [0, 0.1) is 0 Å². The number of nitrogens with one attached hydrogen (secondary N) is 1. The Morgan fingerprint density at radius 1 is 1.04 bits per heavy atom. The van der Waals surface area contributed by atoms with E-state index in [9.17, 15) is 13.2 Å². The molecular weight excluding hydrogens is 384 g/mol. The number of hydrogen-bond acceptors (Lipinski definition) is 5. The minimum Gasteiger partial charge on any atom is -0.335 e. The first-order chi connectivity index (χ1) is 13.1. The fraction of sp³-hybridized carbons (Fsp3) is 0.222. The Morgan fingerprint density at radius 2 is 1.78 bits per heavy atom. The molecule has 3 aromatic rings. The van der Waals surface area contributed by atoms with Gasteiger partial charge in [0.05, 0.1) is 15.5 Å². The molecule has 1 aromatic carbocycles. The lowest BCUT2D eigenvalue weighted by atomic mass is 10.2. The number of nitrogens with zero attached hydrogens (tertiary/aromatic N) is 3. The summed E-state index contributed by atoms with van der Waals surface area (Å²) in [6.07, 6.45) is 0. The molecule has 1 fully saturated rings. The topological polar surface area (TPSA) is 86.4 Å². The smallest absolute Gasteiger partial charge is 0.274 e. The van der Waals surface area contributed by atoms with Crippen molar-refractivity contribution in [1.29, 1.82) is 0 Å². The lowest BCUT2D eigenvalue weighted by molar-refractivity contribution is 0.0692. The van der Waals surface area contributed by atoms with Crippen LogP contribution in [0.25, 0.3) is 10.6 Å². The molecule has 0 radical (unpaired) electrons. The van der Waals surface area contributed by atoms with Crippen LogP contribution in [-0.4, -0.2) is 59.9 Å². The highest BCUT2D eigenvalue weighted by molar-refractivity contribution is 7.89. The average molecular weight is 403 g/mol. The number of benzene rings is 1. The number of amides is 1. The van der Waals surface area contributed by atoms with Crippen LogP contribution in [0.2, 0.25) is 0 Å². The molecule has 1 amide bonds. The molecule has 7 nitrogen and oxygen atoms in total. The summed E-state index contributed by atoms with van der Waals surface area (Å²) < 4.78 is 26.8. The Kier molecular flexibility index (Phi) is 4.81. The molecule has 4 rings (SSSR count). The van der Waals surface area contributed by atoms with Crippen molar-refractivity contribution >= 4 is 27.3 Å². The summed E-state index contributed by atoms with van der Waals surface area (Å²) in [5, 5.41) is 8.97. The van der Waals surface area contributed by atoms with Gasteiger partial charge in [-0.2, -0.15) is 9.40 Å². The molecule has 27 heavy (non-hydrogen) atoms. The normalized spacial score (nSPS) is 15.8. The van der Waals surface area contributed by atoms with Crippen molar-refractivity contribution in [1.82, 2.24) is 19.4 Å². The van der Waals surface area contributed by atoms with Crippen LogP contribution in [0.1, 0.15) is 10.5 Å². The Balaban J connectivity index is 1.43. The predicted molar refractivity (Wildman–Crippen MR) is 103 cm³/mol. The molecule has 0 saturated carbocycles. The van der Waals surface area contributed by atoms with E-state index in [-0.39, 0.29) is 23.9 Å². The van der Waals surface area contributed by atoms with E-state index in [1.165, 1.54) is 4.31 Å². The van der Waals surface area contributed by atoms with Crippen molar-refractivity contribution in [3.63, 3.8) is 0 Å². The number of carbonyl (C=O) groups excluding carboxylic acids is 1. The maximum atomic E-state index is 12.7. The first-order valence-electron chi connectivity index (χ1n) is 8.49. The highest BCUT2D eigenvalue weighted by atomic mass is 32.2. The number of hydrogen-bond donors (Lipinski definition) is 1. The van der Waals surface area contributed by atoms with Crippen LogP contribution in [-0.2, 0) is 10.0 Å². The van der Waals surface area contributed by atoms with Crippen molar-refractivity contribution in [3.8, 4) is 10.6 Å². The zero-order chi connectivity index (χ0) is 18.9. The molecule has 1 aliphatic heterocycles. The van der Waals surface area contributed by atoms with Crippen molar-refractivity contribution in [3.05, 3.63) is 59.6 Å². The maximum absolute atomic E-state index is 12.7. The van der Waals surface area contributed by atoms with Gasteiger partial charge in [-0.3, -0.25) is 9.89 Å². The van der Waals surface area contributed by atoms with Gasteiger partial charge >= 0.3 is 0 Å². The lowest BCUT2D eigenvalue weighted by Gasteiger charge is -2.33. The third-order valence-electron chi connectivity index (χ3n) is 4.49. The summed E-state index contributed by atoms with van der Waals surface area (Å²) in [7, 11) is -3.53. The highest BCUT2D eigenvalue weighted by Gasteiger charge is 2.31. The van der Waals surface area contributed by atoms with Gasteiger partial charge in [-0.05, 0) is 29.6 Å². The Labute approximate surface area is 161 Å². The highest BCUT2D eigenvalue weighted by Crippen LogP contribution is 2.24. The van der Waals surface area contributed by atoms with Crippen LogP contribution in [0.5, 0.6) is 0 Å². The van der Waals surface area contributed by atoms with E-state index < -0.39 is 10.0 Å². The minimum absolute atomic E-state index is 0.189. The molecule has 1 aliphatic rings. The third-order valence-corrected chi connectivity index (χ3v) is 7.31. The quantitative estimate of drug-likeness (QED) is 0.725. The second-order valence-electron chi connectivity index (χ2n) is 6.15. The van der Waals surface area contributed by atoms with Gasteiger partial charge in [0.1, 0.15) is 0 Å². The zero-order valence-electron chi connectivity index (χ0n) is 14.4. The molecule has 0 atom stereocenters. The number of thiophene rings is 1. The van der Waals surface area contributed by atoms with Gasteiger partial charge in [0.2, 0.25) is 10.0 Å². The number of sulfonamides is 1. The van der Waals surface area contributed by atoms with Crippen molar-refractivity contribution < 1.29 is 13.2 Å². The van der Waals surface area contributed by atoms with Crippen molar-refractivity contribution in [2.24, 2.45) is 0 Å². The molecule has 3 heterocycles. The van der Waals surface area contributed by atoms with Gasteiger partial charge < -0.3 is 4.90 Å². The fourth-order valence-corrected chi connectivity index (χ4v) is 5.16. The molecule has 2 aromatic heterocycles. The molecule has 9 heteroatoms. The van der Waals surface area contributed by atoms with Gasteiger partial charge in [-0.25, -0.2) is 8.42 Å². The lowest BCUT2D eigenvalue weighted by Crippen LogP contribution is -2.50. The maximum Gasteiger partial charge on any atom is 0.274 e. The zero-order valence-corrected chi connectivity index (χ0v) is 16.0. The number of H-pyrrole nitrogens is 1. The molecular formula is C18H18N4O3S2. The Hall–Kier alpha value is -2.49. The molecule has 1 N–H and O–H groups in total. The molecule has 0 bridgehead atoms. The average Bonchev–Trinajstić information content (AvgIpc) is 3.40. The number of rotatable bonds is 4. The molecule has 0 unspecified atom stereocenters. The summed E-state index contributed by atoms with van der Waals surface area (Å²) in [4.78, 5) is 15.6. The second-order valence-corrected chi connectivity index (χ2v) is 9.04. The first kappa shape index (κ1) is 17.9. The summed E-state index contributed by atoms with van der Waals surface area (Å²) in [6, 6.07) is 14.0. The summed E-state index contributed by atoms with van der Waals surface area (Å²) >= 11 is 1.57. The largest absolute Gasteiger partial charge is 0.335 e. The minimum atomic E-state index is -3.53. The molecule has 0 aliphatic carbocycles. The molecule has 140 valence electrons. The van der Waals surface area contributed by atoms with Crippen LogP contribution >= 0.6 is 11.3 Å². The molecule has 0 spiro atoms. The van der Waals surface area contributed by atoms with Gasteiger partial charge in [-0.15, -0.1) is 11.3 Å². The van der Waals surface area contributed by atoms with Crippen LogP contribution in [0.15, 0.2) is 58.8 Å². The predicted octanol–water partition coefficient (Wildman–Crippen LogP) is 2.28. The first-order valence-corrected chi connectivity index (χ1v) is 10.8. The van der Waals surface area contributed by atoms with Crippen LogP contribution < -0.4 is 0 Å².